The van der Waals surface area contributed by atoms with E-state index < -0.39 is 16.6 Å². The van der Waals surface area contributed by atoms with Crippen LogP contribution < -0.4 is 10.2 Å². The van der Waals surface area contributed by atoms with E-state index in [4.69, 9.17) is 16.0 Å². The third kappa shape index (κ3) is 4.70. The number of halogens is 2. The van der Waals surface area contributed by atoms with Gasteiger partial charge in [-0.15, -0.1) is 0 Å². The fraction of sp³-hybridized carbons (Fsp3) is 0.154. The Balaban J connectivity index is 1.38. The second-order valence-electron chi connectivity index (χ2n) is 8.64. The Kier molecular flexibility index (Phi) is 6.26. The first-order valence-electron chi connectivity index (χ1n) is 11.2. The number of furan rings is 1. The molecule has 11 heteroatoms. The summed E-state index contributed by atoms with van der Waals surface area (Å²) in [5.41, 5.74) is 2.18. The van der Waals surface area contributed by atoms with Crippen LogP contribution in [0.2, 0.25) is 5.02 Å². The lowest BCUT2D eigenvalue weighted by molar-refractivity contribution is -0.384. The van der Waals surface area contributed by atoms with Crippen molar-refractivity contribution in [2.24, 2.45) is 0 Å². The topological polar surface area (TPSA) is 109 Å². The Morgan fingerprint density at radius 3 is 2.76 bits per heavy atom. The quantitative estimate of drug-likeness (QED) is 0.260. The van der Waals surface area contributed by atoms with E-state index in [1.807, 2.05) is 0 Å². The van der Waals surface area contributed by atoms with Crippen LogP contribution in [0.4, 0.5) is 20.6 Å². The molecule has 5 rings (SSSR count). The molecule has 0 spiro atoms. The summed E-state index contributed by atoms with van der Waals surface area (Å²) in [5.74, 6) is -0.515. The van der Waals surface area contributed by atoms with Gasteiger partial charge in [-0.2, -0.15) is 0 Å². The first-order chi connectivity index (χ1) is 17.7. The van der Waals surface area contributed by atoms with Crippen molar-refractivity contribution in [3.8, 4) is 0 Å². The molecule has 0 aliphatic carbocycles. The predicted octanol–water partition coefficient (Wildman–Crippen LogP) is 5.64. The molecule has 3 amide bonds. The molecular weight excluding hydrogens is 503 g/mol. The van der Waals surface area contributed by atoms with Crippen molar-refractivity contribution in [1.82, 2.24) is 10.2 Å². The van der Waals surface area contributed by atoms with E-state index in [1.165, 1.54) is 40.1 Å². The van der Waals surface area contributed by atoms with E-state index in [9.17, 15) is 24.1 Å². The number of rotatable bonds is 6. The number of nitro groups is 1. The van der Waals surface area contributed by atoms with E-state index in [0.717, 1.165) is 5.56 Å². The lowest BCUT2D eigenvalue weighted by Crippen LogP contribution is -2.45. The van der Waals surface area contributed by atoms with E-state index in [2.05, 4.69) is 5.32 Å². The molecule has 0 bridgehead atoms. The maximum absolute atomic E-state index is 14.5. The standard InChI is InChI=1S/C26H20ClFN4O5/c1-30-13-16-6-5-15(11-23(16)31(26(30)34)14-20-21(27)3-2-4-22(20)28)25(33)29-12-19-10-17-9-18(32(35)36)7-8-24(17)37-19/h2-11H,12-14H2,1H3,(H,29,33). The van der Waals surface area contributed by atoms with Gasteiger partial charge in [0.1, 0.15) is 17.2 Å². The summed E-state index contributed by atoms with van der Waals surface area (Å²) in [5, 5.41) is 14.5. The van der Waals surface area contributed by atoms with Crippen LogP contribution in [-0.4, -0.2) is 28.8 Å². The molecule has 1 aliphatic rings. The fourth-order valence-electron chi connectivity index (χ4n) is 4.27. The van der Waals surface area contributed by atoms with Crippen molar-refractivity contribution >= 4 is 45.9 Å². The lowest BCUT2D eigenvalue weighted by atomic mass is 10.0. The minimum atomic E-state index is -0.528. The minimum Gasteiger partial charge on any atom is -0.459 e. The molecule has 1 aliphatic heterocycles. The van der Waals surface area contributed by atoms with E-state index in [1.54, 1.807) is 37.4 Å². The average molecular weight is 523 g/mol. The number of nitrogens with zero attached hydrogens (tertiary/aromatic N) is 3. The fourth-order valence-corrected chi connectivity index (χ4v) is 4.50. The third-order valence-electron chi connectivity index (χ3n) is 6.17. The molecule has 4 aromatic rings. The highest BCUT2D eigenvalue weighted by Crippen LogP contribution is 2.32. The average Bonchev–Trinajstić information content (AvgIpc) is 3.29. The number of urea groups is 1. The van der Waals surface area contributed by atoms with Crippen molar-refractivity contribution in [3.05, 3.63) is 104 Å². The van der Waals surface area contributed by atoms with Gasteiger partial charge in [-0.05, 0) is 42.0 Å². The van der Waals surface area contributed by atoms with E-state index in [-0.39, 0.29) is 35.4 Å². The van der Waals surface area contributed by atoms with Crippen molar-refractivity contribution in [2.75, 3.05) is 11.9 Å². The van der Waals surface area contributed by atoms with E-state index >= 15 is 0 Å². The van der Waals surface area contributed by atoms with Crippen LogP contribution in [0.1, 0.15) is 27.2 Å². The zero-order chi connectivity index (χ0) is 26.3. The van der Waals surface area contributed by atoms with Gasteiger partial charge in [0, 0.05) is 47.3 Å². The largest absolute Gasteiger partial charge is 0.459 e. The molecule has 188 valence electrons. The molecule has 1 aromatic heterocycles. The van der Waals surface area contributed by atoms with Crippen LogP contribution in [-0.2, 0) is 19.6 Å². The summed E-state index contributed by atoms with van der Waals surface area (Å²) >= 11 is 6.20. The van der Waals surface area contributed by atoms with Gasteiger partial charge in [0.15, 0.2) is 0 Å². The summed E-state index contributed by atoms with van der Waals surface area (Å²) in [6.07, 6.45) is 0. The number of fused-ring (bicyclic) bond motifs is 2. The molecule has 2 heterocycles. The molecule has 1 N–H and O–H groups in total. The minimum absolute atomic E-state index is 0.0502. The van der Waals surface area contributed by atoms with E-state index in [0.29, 0.717) is 34.5 Å². The molecule has 0 unspecified atom stereocenters. The maximum Gasteiger partial charge on any atom is 0.324 e. The van der Waals surface area contributed by atoms with Gasteiger partial charge in [0.2, 0.25) is 0 Å². The Labute approximate surface area is 215 Å². The highest BCUT2D eigenvalue weighted by Gasteiger charge is 2.30. The van der Waals surface area contributed by atoms with Gasteiger partial charge >= 0.3 is 6.03 Å². The predicted molar refractivity (Wildman–Crippen MR) is 135 cm³/mol. The molecule has 3 aromatic carbocycles. The summed E-state index contributed by atoms with van der Waals surface area (Å²) in [6.45, 7) is 0.287. The summed E-state index contributed by atoms with van der Waals surface area (Å²) in [4.78, 5) is 39.3. The van der Waals surface area contributed by atoms with Crippen LogP contribution >= 0.6 is 11.6 Å². The number of nitro benzene ring substituents is 1. The first kappa shape index (κ1) is 24.3. The van der Waals surface area contributed by atoms with Gasteiger partial charge in [-0.1, -0.05) is 23.7 Å². The van der Waals surface area contributed by atoms with Crippen LogP contribution in [0.25, 0.3) is 11.0 Å². The summed E-state index contributed by atoms with van der Waals surface area (Å²) < 4.78 is 20.1. The number of benzene rings is 3. The summed E-state index contributed by atoms with van der Waals surface area (Å²) in [6, 6.07) is 14.9. The number of carbonyl (C=O) groups is 2. The van der Waals surface area contributed by atoms with Gasteiger partial charge in [0.25, 0.3) is 11.6 Å². The first-order valence-corrected chi connectivity index (χ1v) is 11.6. The molecule has 0 atom stereocenters. The van der Waals surface area contributed by atoms with Gasteiger partial charge < -0.3 is 14.6 Å². The molecule has 9 nitrogen and oxygen atoms in total. The Morgan fingerprint density at radius 2 is 2.00 bits per heavy atom. The summed E-state index contributed by atoms with van der Waals surface area (Å²) in [7, 11) is 1.64. The van der Waals surface area contributed by atoms with Crippen LogP contribution in [0.3, 0.4) is 0 Å². The van der Waals surface area contributed by atoms with Crippen molar-refractivity contribution in [1.29, 1.82) is 0 Å². The van der Waals surface area contributed by atoms with Gasteiger partial charge in [-0.3, -0.25) is 19.8 Å². The van der Waals surface area contributed by atoms with Crippen LogP contribution in [0, 0.1) is 15.9 Å². The Morgan fingerprint density at radius 1 is 1.19 bits per heavy atom. The van der Waals surface area contributed by atoms with Gasteiger partial charge in [-0.25, -0.2) is 9.18 Å². The van der Waals surface area contributed by atoms with Crippen molar-refractivity contribution in [2.45, 2.75) is 19.6 Å². The number of carbonyl (C=O) groups excluding carboxylic acids is 2. The molecule has 0 fully saturated rings. The lowest BCUT2D eigenvalue weighted by Gasteiger charge is -2.35. The zero-order valence-corrected chi connectivity index (χ0v) is 20.3. The number of anilines is 1. The number of hydrogen-bond donors (Lipinski definition) is 1. The van der Waals surface area contributed by atoms with Crippen molar-refractivity contribution < 1.29 is 23.3 Å². The molecular formula is C26H20ClFN4O5. The van der Waals surface area contributed by atoms with Crippen molar-refractivity contribution in [3.63, 3.8) is 0 Å². The number of amides is 3. The highest BCUT2D eigenvalue weighted by atomic mass is 35.5. The maximum atomic E-state index is 14.5. The smallest absolute Gasteiger partial charge is 0.324 e. The number of nitrogens with one attached hydrogen (secondary N) is 1. The van der Waals surface area contributed by atoms with Gasteiger partial charge in [0.05, 0.1) is 23.7 Å². The molecule has 37 heavy (non-hydrogen) atoms. The van der Waals surface area contributed by atoms with Crippen LogP contribution in [0.5, 0.6) is 0 Å². The third-order valence-corrected chi connectivity index (χ3v) is 6.52. The highest BCUT2D eigenvalue weighted by molar-refractivity contribution is 6.31. The molecule has 0 saturated carbocycles. The SMILES string of the molecule is CN1Cc2ccc(C(=O)NCc3cc4cc([N+](=O)[O-])ccc4o3)cc2N(Cc2c(F)cccc2Cl)C1=O. The Bertz CT molecular complexity index is 1550. The molecule has 0 saturated heterocycles. The Hall–Kier alpha value is -4.44. The second-order valence-corrected chi connectivity index (χ2v) is 9.05. The zero-order valence-electron chi connectivity index (χ0n) is 19.5. The second kappa shape index (κ2) is 9.55. The number of hydrogen-bond acceptors (Lipinski definition) is 5. The molecule has 0 radical (unpaired) electrons. The normalized spacial score (nSPS) is 13.1. The number of non-ortho nitro benzene ring substituents is 1. The monoisotopic (exact) mass is 522 g/mol. The van der Waals surface area contributed by atoms with Crippen LogP contribution in [0.15, 0.2) is 65.1 Å².